The summed E-state index contributed by atoms with van der Waals surface area (Å²) in [6, 6.07) is 8.38. The van der Waals surface area contributed by atoms with E-state index in [0.717, 1.165) is 5.52 Å². The van der Waals surface area contributed by atoms with Gasteiger partial charge < -0.3 is 4.98 Å². The summed E-state index contributed by atoms with van der Waals surface area (Å²) in [4.78, 5) is 3.04. The highest BCUT2D eigenvalue weighted by atomic mass is 127. The number of H-pyrrole nitrogens is 1. The van der Waals surface area contributed by atoms with Crippen LogP contribution in [0, 0.1) is 14.2 Å². The van der Waals surface area contributed by atoms with Crippen molar-refractivity contribution in [2.75, 3.05) is 0 Å². The maximum absolute atomic E-state index is 13.8. The number of nitrogens with zero attached hydrogens (tertiary/aromatic N) is 1. The lowest BCUT2D eigenvalue weighted by Crippen LogP contribution is -1.96. The van der Waals surface area contributed by atoms with Gasteiger partial charge in [0.2, 0.25) is 0 Å². The molecule has 0 radical (unpaired) electrons. The number of nitrogens with one attached hydrogen (secondary N) is 1. The predicted molar refractivity (Wildman–Crippen MR) is 91.2 cm³/mol. The molecule has 1 N–H and O–H groups in total. The van der Waals surface area contributed by atoms with Crippen LogP contribution < -0.4 is 0 Å². The van der Waals surface area contributed by atoms with Crippen molar-refractivity contribution in [1.82, 2.24) is 9.55 Å². The Labute approximate surface area is 142 Å². The van der Waals surface area contributed by atoms with Crippen LogP contribution in [0.5, 0.6) is 0 Å². The van der Waals surface area contributed by atoms with Crippen molar-refractivity contribution < 1.29 is 4.39 Å². The van der Waals surface area contributed by atoms with Crippen LogP contribution in [0.15, 0.2) is 30.3 Å². The van der Waals surface area contributed by atoms with Crippen LogP contribution in [-0.4, -0.2) is 9.55 Å². The lowest BCUT2D eigenvalue weighted by atomic mass is 10.2. The van der Waals surface area contributed by atoms with Gasteiger partial charge in [0.15, 0.2) is 4.77 Å². The molecule has 0 aliphatic heterocycles. The van der Waals surface area contributed by atoms with Crippen molar-refractivity contribution in [2.45, 2.75) is 0 Å². The molecule has 3 aromatic rings. The highest BCUT2D eigenvalue weighted by Crippen LogP contribution is 2.31. The van der Waals surface area contributed by atoms with E-state index < -0.39 is 0 Å². The standard InChI is InChI=1S/C13H6Cl2FIN2S/c14-6-2-1-3-10(12(6)15)19-11-4-7(16)8(17)5-9(11)18-13(19)20/h1-5H,(H,18,20). The van der Waals surface area contributed by atoms with Crippen molar-refractivity contribution in [2.24, 2.45) is 0 Å². The van der Waals surface area contributed by atoms with Gasteiger partial charge in [-0.05, 0) is 53.0 Å². The lowest BCUT2D eigenvalue weighted by Gasteiger charge is -2.08. The summed E-state index contributed by atoms with van der Waals surface area (Å²) >= 11 is 19.5. The summed E-state index contributed by atoms with van der Waals surface area (Å²) < 4.78 is 16.4. The van der Waals surface area contributed by atoms with Gasteiger partial charge in [-0.2, -0.15) is 0 Å². The number of benzene rings is 2. The average Bonchev–Trinajstić information content (AvgIpc) is 2.69. The third-order valence-electron chi connectivity index (χ3n) is 2.90. The van der Waals surface area contributed by atoms with E-state index in [1.807, 2.05) is 22.6 Å². The number of imidazole rings is 1. The van der Waals surface area contributed by atoms with Crippen LogP contribution in [0.1, 0.15) is 0 Å². The van der Waals surface area contributed by atoms with Crippen LogP contribution >= 0.6 is 58.0 Å². The molecule has 20 heavy (non-hydrogen) atoms. The molecule has 0 aliphatic rings. The van der Waals surface area contributed by atoms with E-state index in [2.05, 4.69) is 4.98 Å². The molecule has 0 saturated heterocycles. The normalized spacial score (nSPS) is 11.2. The molecule has 3 rings (SSSR count). The molecule has 2 nitrogen and oxygen atoms in total. The van der Waals surface area contributed by atoms with E-state index in [0.29, 0.717) is 29.6 Å². The number of rotatable bonds is 1. The van der Waals surface area contributed by atoms with Crippen LogP contribution in [0.4, 0.5) is 4.39 Å². The second-order valence-corrected chi connectivity index (χ2v) is 6.46. The summed E-state index contributed by atoms with van der Waals surface area (Å²) in [5, 5.41) is 0.802. The van der Waals surface area contributed by atoms with Gasteiger partial charge >= 0.3 is 0 Å². The number of hydrogen-bond acceptors (Lipinski definition) is 1. The molecule has 0 amide bonds. The zero-order chi connectivity index (χ0) is 14.4. The molecular formula is C13H6Cl2FIN2S. The average molecular weight is 439 g/mol. The van der Waals surface area contributed by atoms with Gasteiger partial charge in [0.05, 0.1) is 30.3 Å². The molecule has 2 aromatic carbocycles. The van der Waals surface area contributed by atoms with E-state index in [1.165, 1.54) is 6.07 Å². The van der Waals surface area contributed by atoms with Gasteiger partial charge in [-0.25, -0.2) is 4.39 Å². The molecule has 7 heteroatoms. The SMILES string of the molecule is Fc1cc2c(cc1I)[nH]c(=S)n2-c1cccc(Cl)c1Cl. The third-order valence-corrected chi connectivity index (χ3v) is 4.82. The van der Waals surface area contributed by atoms with Crippen LogP contribution in [0.3, 0.4) is 0 Å². The van der Waals surface area contributed by atoms with E-state index in [-0.39, 0.29) is 5.82 Å². The largest absolute Gasteiger partial charge is 0.330 e. The fraction of sp³-hybridized carbons (Fsp3) is 0. The quantitative estimate of drug-likeness (QED) is 0.379. The summed E-state index contributed by atoms with van der Waals surface area (Å²) in [5.41, 5.74) is 1.99. The Hall–Kier alpha value is -0.630. The van der Waals surface area contributed by atoms with Crippen LogP contribution in [0.25, 0.3) is 16.7 Å². The second-order valence-electron chi connectivity index (χ2n) is 4.12. The molecule has 1 heterocycles. The van der Waals surface area contributed by atoms with Crippen molar-refractivity contribution in [1.29, 1.82) is 0 Å². The highest BCUT2D eigenvalue weighted by Gasteiger charge is 2.13. The van der Waals surface area contributed by atoms with Gasteiger partial charge in [0.1, 0.15) is 5.82 Å². The topological polar surface area (TPSA) is 20.7 Å². The molecule has 0 aliphatic carbocycles. The molecule has 1 aromatic heterocycles. The number of aromatic nitrogens is 2. The molecule has 0 atom stereocenters. The molecule has 0 saturated carbocycles. The van der Waals surface area contributed by atoms with Gasteiger partial charge in [0, 0.05) is 6.07 Å². The Morgan fingerprint density at radius 1 is 1.25 bits per heavy atom. The van der Waals surface area contributed by atoms with Crippen molar-refractivity contribution in [3.8, 4) is 5.69 Å². The van der Waals surface area contributed by atoms with Gasteiger partial charge in [-0.1, -0.05) is 29.3 Å². The summed E-state index contributed by atoms with van der Waals surface area (Å²) in [5.74, 6) is -0.306. The lowest BCUT2D eigenvalue weighted by molar-refractivity contribution is 0.622. The smallest absolute Gasteiger partial charge is 0.182 e. The molecule has 0 fully saturated rings. The molecule has 0 unspecified atom stereocenters. The maximum atomic E-state index is 13.8. The zero-order valence-electron chi connectivity index (χ0n) is 9.75. The Morgan fingerprint density at radius 3 is 2.75 bits per heavy atom. The first kappa shape index (κ1) is 14.3. The van der Waals surface area contributed by atoms with Gasteiger partial charge in [-0.15, -0.1) is 0 Å². The fourth-order valence-electron chi connectivity index (χ4n) is 2.01. The Kier molecular flexibility index (Phi) is 3.79. The molecule has 0 spiro atoms. The number of aromatic amines is 1. The maximum Gasteiger partial charge on any atom is 0.182 e. The molecular weight excluding hydrogens is 433 g/mol. The Bertz CT molecular complexity index is 888. The minimum absolute atomic E-state index is 0.306. The summed E-state index contributed by atoms with van der Waals surface area (Å²) in [6.07, 6.45) is 0. The summed E-state index contributed by atoms with van der Waals surface area (Å²) in [6.45, 7) is 0. The van der Waals surface area contributed by atoms with E-state index in [9.17, 15) is 4.39 Å². The first-order valence-electron chi connectivity index (χ1n) is 5.53. The zero-order valence-corrected chi connectivity index (χ0v) is 14.2. The molecule has 102 valence electrons. The van der Waals surface area contributed by atoms with E-state index in [1.54, 1.807) is 28.8 Å². The number of halogens is 4. The monoisotopic (exact) mass is 438 g/mol. The van der Waals surface area contributed by atoms with Crippen molar-refractivity contribution in [3.63, 3.8) is 0 Å². The first-order chi connectivity index (χ1) is 9.49. The van der Waals surface area contributed by atoms with E-state index in [4.69, 9.17) is 35.4 Å². The first-order valence-corrected chi connectivity index (χ1v) is 7.77. The number of fused-ring (bicyclic) bond motifs is 1. The minimum atomic E-state index is -0.306. The second kappa shape index (κ2) is 5.29. The van der Waals surface area contributed by atoms with Crippen molar-refractivity contribution >= 4 is 69.0 Å². The van der Waals surface area contributed by atoms with Gasteiger partial charge in [-0.3, -0.25) is 4.57 Å². The summed E-state index contributed by atoms with van der Waals surface area (Å²) in [7, 11) is 0. The predicted octanol–water partition coefficient (Wildman–Crippen LogP) is 5.74. The van der Waals surface area contributed by atoms with Crippen LogP contribution in [0.2, 0.25) is 10.0 Å². The van der Waals surface area contributed by atoms with E-state index >= 15 is 0 Å². The third kappa shape index (κ3) is 2.26. The Balaban J connectivity index is 2.42. The minimum Gasteiger partial charge on any atom is -0.330 e. The van der Waals surface area contributed by atoms with Crippen molar-refractivity contribution in [3.05, 3.63) is 54.5 Å². The van der Waals surface area contributed by atoms with Crippen LogP contribution in [-0.2, 0) is 0 Å². The Morgan fingerprint density at radius 2 is 2.00 bits per heavy atom. The fourth-order valence-corrected chi connectivity index (χ4v) is 3.16. The molecule has 0 bridgehead atoms. The van der Waals surface area contributed by atoms with Gasteiger partial charge in [0.25, 0.3) is 0 Å². The highest BCUT2D eigenvalue weighted by molar-refractivity contribution is 14.1. The number of hydrogen-bond donors (Lipinski definition) is 1.